The van der Waals surface area contributed by atoms with Crippen LogP contribution < -0.4 is 10.1 Å². The fraction of sp³-hybridized carbons (Fsp3) is 0.421. The van der Waals surface area contributed by atoms with Crippen molar-refractivity contribution in [2.75, 3.05) is 31.6 Å². The van der Waals surface area contributed by atoms with Crippen molar-refractivity contribution >= 4 is 21.6 Å². The molecule has 1 saturated heterocycles. The van der Waals surface area contributed by atoms with Gasteiger partial charge in [0.2, 0.25) is 10.0 Å². The van der Waals surface area contributed by atoms with E-state index in [2.05, 4.69) is 15.3 Å². The summed E-state index contributed by atoms with van der Waals surface area (Å²) >= 11 is 0. The fourth-order valence-electron chi connectivity index (χ4n) is 2.76. The van der Waals surface area contributed by atoms with Crippen LogP contribution in [0.15, 0.2) is 35.5 Å². The van der Waals surface area contributed by atoms with Crippen LogP contribution >= 0.6 is 0 Å². The quantitative estimate of drug-likeness (QED) is 0.759. The number of sulfonamides is 1. The van der Waals surface area contributed by atoms with E-state index in [1.165, 1.54) is 28.8 Å². The Hall–Kier alpha value is -2.56. The van der Waals surface area contributed by atoms with Crippen molar-refractivity contribution in [3.8, 4) is 5.75 Å². The Labute approximate surface area is 170 Å². The Morgan fingerprint density at radius 3 is 2.55 bits per heavy atom. The average molecular weight is 420 g/mol. The molecular formula is C19H24N4O5S. The van der Waals surface area contributed by atoms with Gasteiger partial charge >= 0.3 is 0 Å². The van der Waals surface area contributed by atoms with Crippen LogP contribution in [-0.2, 0) is 14.8 Å². The zero-order valence-corrected chi connectivity index (χ0v) is 17.4. The van der Waals surface area contributed by atoms with Gasteiger partial charge in [-0.15, -0.1) is 0 Å². The van der Waals surface area contributed by atoms with E-state index in [0.29, 0.717) is 24.7 Å². The Morgan fingerprint density at radius 2 is 1.93 bits per heavy atom. The third-order valence-corrected chi connectivity index (χ3v) is 6.08. The van der Waals surface area contributed by atoms with Crippen molar-refractivity contribution in [1.82, 2.24) is 14.3 Å². The molecule has 0 spiro atoms. The molecule has 29 heavy (non-hydrogen) atoms. The molecule has 1 aliphatic rings. The molecule has 9 nitrogen and oxygen atoms in total. The summed E-state index contributed by atoms with van der Waals surface area (Å²) in [6, 6.07) is 4.43. The maximum atomic E-state index is 13.0. The molecule has 0 saturated carbocycles. The van der Waals surface area contributed by atoms with Crippen LogP contribution in [0.5, 0.6) is 5.75 Å². The lowest BCUT2D eigenvalue weighted by molar-refractivity contribution is 0.0730. The number of hydrogen-bond acceptors (Lipinski definition) is 7. The Morgan fingerprint density at radius 1 is 1.21 bits per heavy atom. The van der Waals surface area contributed by atoms with Crippen molar-refractivity contribution in [2.45, 2.75) is 31.8 Å². The van der Waals surface area contributed by atoms with Crippen molar-refractivity contribution in [3.63, 3.8) is 0 Å². The lowest BCUT2D eigenvalue weighted by atomic mass is 10.2. The normalized spacial score (nSPS) is 15.3. The molecule has 1 aromatic carbocycles. The van der Waals surface area contributed by atoms with Gasteiger partial charge in [-0.1, -0.05) is 0 Å². The van der Waals surface area contributed by atoms with Crippen LogP contribution in [0.25, 0.3) is 0 Å². The van der Waals surface area contributed by atoms with Gasteiger partial charge in [-0.25, -0.2) is 13.4 Å². The maximum absolute atomic E-state index is 13.0. The van der Waals surface area contributed by atoms with Gasteiger partial charge in [0, 0.05) is 19.3 Å². The first-order chi connectivity index (χ1) is 13.8. The Kier molecular flexibility index (Phi) is 6.46. The number of aromatic nitrogens is 2. The molecule has 1 aliphatic heterocycles. The summed E-state index contributed by atoms with van der Waals surface area (Å²) < 4.78 is 38.3. The van der Waals surface area contributed by atoms with E-state index in [9.17, 15) is 13.2 Å². The van der Waals surface area contributed by atoms with Gasteiger partial charge in [0.25, 0.3) is 5.91 Å². The van der Waals surface area contributed by atoms with Gasteiger partial charge in [-0.2, -0.15) is 4.31 Å². The number of hydrogen-bond donors (Lipinski definition) is 1. The van der Waals surface area contributed by atoms with Crippen LogP contribution in [0, 0.1) is 6.92 Å². The second-order valence-electron chi connectivity index (χ2n) is 6.84. The lowest BCUT2D eigenvalue weighted by Crippen LogP contribution is -2.40. The zero-order chi connectivity index (χ0) is 21.0. The van der Waals surface area contributed by atoms with Crippen LogP contribution in [0.4, 0.5) is 5.69 Å². The highest BCUT2D eigenvalue weighted by atomic mass is 32.2. The number of morpholine rings is 1. The monoisotopic (exact) mass is 420 g/mol. The maximum Gasteiger partial charge on any atom is 0.275 e. The molecule has 1 amide bonds. The smallest absolute Gasteiger partial charge is 0.275 e. The first kappa shape index (κ1) is 21.2. The number of nitrogens with one attached hydrogen (secondary N) is 1. The summed E-state index contributed by atoms with van der Waals surface area (Å²) in [6.45, 7) is 6.72. The first-order valence-corrected chi connectivity index (χ1v) is 10.7. The molecule has 10 heteroatoms. The highest BCUT2D eigenvalue weighted by molar-refractivity contribution is 7.89. The van der Waals surface area contributed by atoms with E-state index in [1.54, 1.807) is 13.0 Å². The largest absolute Gasteiger partial charge is 0.489 e. The molecule has 0 atom stereocenters. The predicted molar refractivity (Wildman–Crippen MR) is 107 cm³/mol. The number of nitrogens with zero attached hydrogens (tertiary/aromatic N) is 3. The Bertz CT molecular complexity index is 971. The number of amides is 1. The number of ether oxygens (including phenoxy) is 2. The van der Waals surface area contributed by atoms with Gasteiger partial charge in [-0.05, 0) is 39.0 Å². The molecule has 0 radical (unpaired) electrons. The number of rotatable bonds is 6. The highest BCUT2D eigenvalue weighted by Crippen LogP contribution is 2.30. The van der Waals surface area contributed by atoms with Crippen molar-refractivity contribution in [2.24, 2.45) is 0 Å². The third kappa shape index (κ3) is 5.08. The number of carbonyl (C=O) groups excluding carboxylic acids is 1. The standard InChI is InChI=1S/C19H24N4O5S/c1-13(2)28-18-5-4-15(29(25,26)23-6-8-27-9-7-23)10-16(18)22-19(24)17-12-20-14(3)11-21-17/h4-5,10-13H,6-9H2,1-3H3,(H,22,24). The molecule has 0 aliphatic carbocycles. The van der Waals surface area contributed by atoms with Crippen molar-refractivity contribution in [1.29, 1.82) is 0 Å². The first-order valence-electron chi connectivity index (χ1n) is 9.26. The van der Waals surface area contributed by atoms with E-state index < -0.39 is 15.9 Å². The van der Waals surface area contributed by atoms with Crippen LogP contribution in [0.2, 0.25) is 0 Å². The number of benzene rings is 1. The number of aryl methyl sites for hydroxylation is 1. The van der Waals surface area contributed by atoms with Gasteiger partial charge in [0.05, 0.1) is 41.8 Å². The average Bonchev–Trinajstić information content (AvgIpc) is 2.70. The molecule has 3 rings (SSSR count). The minimum absolute atomic E-state index is 0.0702. The molecule has 2 aromatic rings. The summed E-state index contributed by atoms with van der Waals surface area (Å²) in [5.74, 6) is -0.138. The Balaban J connectivity index is 1.93. The molecular weight excluding hydrogens is 396 g/mol. The predicted octanol–water partition coefficient (Wildman–Crippen LogP) is 1.85. The number of carbonyl (C=O) groups is 1. The minimum atomic E-state index is -3.72. The molecule has 1 aromatic heterocycles. The zero-order valence-electron chi connectivity index (χ0n) is 16.6. The van der Waals surface area contributed by atoms with Gasteiger partial charge < -0.3 is 14.8 Å². The molecule has 2 heterocycles. The lowest BCUT2D eigenvalue weighted by Gasteiger charge is -2.26. The van der Waals surface area contributed by atoms with Crippen LogP contribution in [0.3, 0.4) is 0 Å². The second kappa shape index (κ2) is 8.85. The summed E-state index contributed by atoms with van der Waals surface area (Å²) in [6.07, 6.45) is 2.69. The molecule has 156 valence electrons. The fourth-order valence-corrected chi connectivity index (χ4v) is 4.19. The van der Waals surface area contributed by atoms with Gasteiger partial charge in [0.1, 0.15) is 11.4 Å². The van der Waals surface area contributed by atoms with Gasteiger partial charge in [-0.3, -0.25) is 9.78 Å². The molecule has 1 fully saturated rings. The SMILES string of the molecule is Cc1cnc(C(=O)Nc2cc(S(=O)(=O)N3CCOCC3)ccc2OC(C)C)cn1. The van der Waals surface area contributed by atoms with Crippen molar-refractivity contribution in [3.05, 3.63) is 42.0 Å². The van der Waals surface area contributed by atoms with E-state index in [1.807, 2.05) is 13.8 Å². The molecule has 0 unspecified atom stereocenters. The third-order valence-electron chi connectivity index (χ3n) is 4.18. The highest BCUT2D eigenvalue weighted by Gasteiger charge is 2.27. The van der Waals surface area contributed by atoms with E-state index >= 15 is 0 Å². The molecule has 1 N–H and O–H groups in total. The number of anilines is 1. The summed E-state index contributed by atoms with van der Waals surface area (Å²) in [4.78, 5) is 20.8. The second-order valence-corrected chi connectivity index (χ2v) is 8.78. The van der Waals surface area contributed by atoms with E-state index in [4.69, 9.17) is 9.47 Å². The minimum Gasteiger partial charge on any atom is -0.489 e. The van der Waals surface area contributed by atoms with E-state index in [0.717, 1.165) is 0 Å². The summed E-state index contributed by atoms with van der Waals surface area (Å²) in [7, 11) is -3.72. The summed E-state index contributed by atoms with van der Waals surface area (Å²) in [5.41, 5.74) is 1.05. The van der Waals surface area contributed by atoms with Crippen molar-refractivity contribution < 1.29 is 22.7 Å². The van der Waals surface area contributed by atoms with E-state index in [-0.39, 0.29) is 35.5 Å². The molecule has 0 bridgehead atoms. The summed E-state index contributed by atoms with van der Waals surface area (Å²) in [5, 5.41) is 2.69. The van der Waals surface area contributed by atoms with Gasteiger partial charge in [0.15, 0.2) is 0 Å². The topological polar surface area (TPSA) is 111 Å². The van der Waals surface area contributed by atoms with Crippen LogP contribution in [-0.4, -0.2) is 61.0 Å². The van der Waals surface area contributed by atoms with Crippen LogP contribution in [0.1, 0.15) is 30.0 Å².